The summed E-state index contributed by atoms with van der Waals surface area (Å²) in [6.45, 7) is 0.00523. The SMILES string of the molecule is COc1ccc(N2C(=O)C(c3ccc(OCCO)c(-c4ccccc4)c3)(c3ccc(OCCO)c(-c4ccccc4)c3)c3ccccc32)cc1. The minimum absolute atomic E-state index is 0.129. The van der Waals surface area contributed by atoms with Crippen LogP contribution in [0, 0.1) is 0 Å². The number of carbonyl (C=O) groups excluding carboxylic acids is 1. The van der Waals surface area contributed by atoms with Gasteiger partial charge in [0.25, 0.3) is 5.91 Å². The Morgan fingerprint density at radius 1 is 0.600 bits per heavy atom. The van der Waals surface area contributed by atoms with Gasteiger partial charge < -0.3 is 24.4 Å². The van der Waals surface area contributed by atoms with Crippen molar-refractivity contribution in [2.45, 2.75) is 5.41 Å². The molecule has 0 unspecified atom stereocenters. The van der Waals surface area contributed by atoms with E-state index in [1.54, 1.807) is 12.0 Å². The van der Waals surface area contributed by atoms with Gasteiger partial charge in [0, 0.05) is 22.4 Å². The van der Waals surface area contributed by atoms with Crippen LogP contribution in [0.2, 0.25) is 0 Å². The van der Waals surface area contributed by atoms with Crippen molar-refractivity contribution in [1.29, 1.82) is 0 Å². The number of anilines is 2. The van der Waals surface area contributed by atoms with Crippen LogP contribution in [0.1, 0.15) is 16.7 Å². The molecule has 6 aromatic carbocycles. The number of amides is 1. The lowest BCUT2D eigenvalue weighted by Gasteiger charge is -2.32. The largest absolute Gasteiger partial charge is 0.497 e. The van der Waals surface area contributed by atoms with Crippen molar-refractivity contribution < 1.29 is 29.2 Å². The second-order valence-corrected chi connectivity index (χ2v) is 11.9. The lowest BCUT2D eigenvalue weighted by atomic mass is 9.69. The van der Waals surface area contributed by atoms with Gasteiger partial charge >= 0.3 is 0 Å². The maximum absolute atomic E-state index is 15.6. The van der Waals surface area contributed by atoms with Gasteiger partial charge in [-0.15, -0.1) is 0 Å². The summed E-state index contributed by atoms with van der Waals surface area (Å²) in [4.78, 5) is 17.4. The third kappa shape index (κ3) is 5.76. The highest BCUT2D eigenvalue weighted by molar-refractivity contribution is 6.17. The first-order chi connectivity index (χ1) is 24.6. The number of hydrogen-bond donors (Lipinski definition) is 2. The Kier molecular flexibility index (Phi) is 9.34. The van der Waals surface area contributed by atoms with Crippen molar-refractivity contribution in [1.82, 2.24) is 0 Å². The summed E-state index contributed by atoms with van der Waals surface area (Å²) in [6.07, 6.45) is 0. The molecular weight excluding hydrogens is 626 g/mol. The molecule has 2 N–H and O–H groups in total. The third-order valence-corrected chi connectivity index (χ3v) is 9.10. The molecule has 0 saturated carbocycles. The van der Waals surface area contributed by atoms with Gasteiger partial charge in [0.15, 0.2) is 0 Å². The monoisotopic (exact) mass is 663 g/mol. The van der Waals surface area contributed by atoms with Gasteiger partial charge in [-0.3, -0.25) is 9.69 Å². The van der Waals surface area contributed by atoms with Crippen LogP contribution in [0.5, 0.6) is 17.2 Å². The summed E-state index contributed by atoms with van der Waals surface area (Å²) in [5, 5.41) is 19.2. The molecule has 1 aliphatic heterocycles. The fraction of sp³-hybridized carbons (Fsp3) is 0.140. The minimum Gasteiger partial charge on any atom is -0.497 e. The molecule has 7 heteroatoms. The molecule has 7 nitrogen and oxygen atoms in total. The van der Waals surface area contributed by atoms with Gasteiger partial charge in [0.05, 0.1) is 26.0 Å². The summed E-state index contributed by atoms with van der Waals surface area (Å²) in [7, 11) is 1.62. The van der Waals surface area contributed by atoms with E-state index < -0.39 is 5.41 Å². The molecule has 0 radical (unpaired) electrons. The lowest BCUT2D eigenvalue weighted by molar-refractivity contribution is -0.120. The normalized spacial score (nSPS) is 13.2. The Balaban J connectivity index is 1.53. The highest BCUT2D eigenvalue weighted by atomic mass is 16.5. The standard InChI is InChI=1S/C43H37NO6/c1-48-35-20-18-34(19-21-35)44-39-15-9-8-14-38(39)43(42(44)47,32-16-22-40(49-26-24-45)36(28-32)30-10-4-2-5-11-30)33-17-23-41(50-27-25-46)37(29-33)31-12-6-3-7-13-31/h2-23,28-29,45-46H,24-27H2,1H3. The fourth-order valence-electron chi connectivity index (χ4n) is 6.87. The van der Waals surface area contributed by atoms with E-state index in [1.807, 2.05) is 146 Å². The predicted molar refractivity (Wildman–Crippen MR) is 195 cm³/mol. The van der Waals surface area contributed by atoms with Gasteiger partial charge in [-0.2, -0.15) is 0 Å². The Bertz CT molecular complexity index is 2000. The van der Waals surface area contributed by atoms with E-state index >= 15 is 4.79 Å². The number of hydrogen-bond acceptors (Lipinski definition) is 6. The Labute approximate surface area is 291 Å². The Morgan fingerprint density at radius 3 is 1.60 bits per heavy atom. The fourth-order valence-corrected chi connectivity index (χ4v) is 6.87. The number of methoxy groups -OCH3 is 1. The van der Waals surface area contributed by atoms with Gasteiger partial charge in [0.2, 0.25) is 0 Å². The molecule has 1 amide bonds. The number of fused-ring (bicyclic) bond motifs is 1. The van der Waals surface area contributed by atoms with E-state index in [9.17, 15) is 10.2 Å². The second-order valence-electron chi connectivity index (χ2n) is 11.9. The van der Waals surface area contributed by atoms with E-state index in [2.05, 4.69) is 0 Å². The van der Waals surface area contributed by atoms with E-state index in [4.69, 9.17) is 14.2 Å². The van der Waals surface area contributed by atoms with Crippen LogP contribution in [-0.2, 0) is 10.2 Å². The van der Waals surface area contributed by atoms with Gasteiger partial charge in [0.1, 0.15) is 35.9 Å². The summed E-state index contributed by atoms with van der Waals surface area (Å²) >= 11 is 0. The summed E-state index contributed by atoms with van der Waals surface area (Å²) in [5.41, 5.74) is 5.95. The van der Waals surface area contributed by atoms with E-state index in [-0.39, 0.29) is 32.3 Å². The van der Waals surface area contributed by atoms with Crippen molar-refractivity contribution in [3.05, 3.63) is 162 Å². The molecule has 0 aromatic heterocycles. The summed E-state index contributed by atoms with van der Waals surface area (Å²) in [6, 6.07) is 46.9. The Hall–Kier alpha value is -5.89. The molecule has 0 saturated heterocycles. The van der Waals surface area contributed by atoms with Crippen LogP contribution >= 0.6 is 0 Å². The smallest absolute Gasteiger partial charge is 0.251 e. The number of rotatable bonds is 12. The molecule has 250 valence electrons. The molecule has 0 aliphatic carbocycles. The van der Waals surface area contributed by atoms with Crippen molar-refractivity contribution >= 4 is 17.3 Å². The first-order valence-electron chi connectivity index (χ1n) is 16.6. The number of aliphatic hydroxyl groups excluding tert-OH is 2. The number of ether oxygens (including phenoxy) is 3. The van der Waals surface area contributed by atoms with Crippen LogP contribution in [0.25, 0.3) is 22.3 Å². The third-order valence-electron chi connectivity index (χ3n) is 9.10. The molecule has 0 spiro atoms. The second kappa shape index (κ2) is 14.3. The summed E-state index contributed by atoms with van der Waals surface area (Å²) < 4.78 is 17.5. The van der Waals surface area contributed by atoms with Gasteiger partial charge in [-0.25, -0.2) is 0 Å². The molecular formula is C43H37NO6. The number of carbonyl (C=O) groups is 1. The van der Waals surface area contributed by atoms with E-state index in [0.717, 1.165) is 44.6 Å². The topological polar surface area (TPSA) is 88.5 Å². The molecule has 0 fully saturated rings. The van der Waals surface area contributed by atoms with E-state index in [1.165, 1.54) is 0 Å². The lowest BCUT2D eigenvalue weighted by Crippen LogP contribution is -2.40. The van der Waals surface area contributed by atoms with Crippen molar-refractivity contribution in [2.24, 2.45) is 0 Å². The molecule has 6 aromatic rings. The van der Waals surface area contributed by atoms with Crippen LogP contribution in [-0.4, -0.2) is 49.7 Å². The van der Waals surface area contributed by atoms with Gasteiger partial charge in [-0.05, 0) is 76.9 Å². The first kappa shape index (κ1) is 32.6. The number of benzene rings is 6. The number of nitrogens with zero attached hydrogens (tertiary/aromatic N) is 1. The molecule has 0 bridgehead atoms. The van der Waals surface area contributed by atoms with Crippen molar-refractivity contribution in [3.8, 4) is 39.5 Å². The molecule has 50 heavy (non-hydrogen) atoms. The van der Waals surface area contributed by atoms with Crippen LogP contribution in [0.3, 0.4) is 0 Å². The van der Waals surface area contributed by atoms with Crippen molar-refractivity contribution in [2.75, 3.05) is 38.4 Å². The average molecular weight is 664 g/mol. The quantitative estimate of drug-likeness (QED) is 0.139. The zero-order chi connectivity index (χ0) is 34.5. The zero-order valence-electron chi connectivity index (χ0n) is 27.7. The van der Waals surface area contributed by atoms with Crippen LogP contribution in [0.15, 0.2) is 146 Å². The predicted octanol–water partition coefficient (Wildman–Crippen LogP) is 7.78. The highest BCUT2D eigenvalue weighted by Gasteiger charge is 2.54. The zero-order valence-corrected chi connectivity index (χ0v) is 27.7. The van der Waals surface area contributed by atoms with E-state index in [0.29, 0.717) is 22.9 Å². The van der Waals surface area contributed by atoms with Crippen molar-refractivity contribution in [3.63, 3.8) is 0 Å². The minimum atomic E-state index is -1.30. The van der Waals surface area contributed by atoms with Crippen LogP contribution in [0.4, 0.5) is 11.4 Å². The van der Waals surface area contributed by atoms with Gasteiger partial charge in [-0.1, -0.05) is 91.0 Å². The summed E-state index contributed by atoms with van der Waals surface area (Å²) in [5.74, 6) is 1.76. The Morgan fingerprint density at radius 2 is 1.10 bits per heavy atom. The molecule has 0 atom stereocenters. The average Bonchev–Trinajstić information content (AvgIpc) is 3.45. The molecule has 1 heterocycles. The number of aliphatic hydroxyl groups is 2. The number of para-hydroxylation sites is 1. The maximum atomic E-state index is 15.6. The maximum Gasteiger partial charge on any atom is 0.251 e. The first-order valence-corrected chi connectivity index (χ1v) is 16.6. The van der Waals surface area contributed by atoms with Crippen LogP contribution < -0.4 is 19.1 Å². The molecule has 1 aliphatic rings. The highest BCUT2D eigenvalue weighted by Crippen LogP contribution is 2.54. The molecule has 7 rings (SSSR count).